The van der Waals surface area contributed by atoms with Gasteiger partial charge >= 0.3 is 0 Å². The Morgan fingerprint density at radius 1 is 1.37 bits per heavy atom. The molecule has 0 amide bonds. The Labute approximate surface area is 113 Å². The molecule has 2 unspecified atom stereocenters. The summed E-state index contributed by atoms with van der Waals surface area (Å²) in [5.41, 5.74) is 0.949. The zero-order valence-corrected chi connectivity index (χ0v) is 11.1. The molecule has 1 saturated carbocycles. The van der Waals surface area contributed by atoms with Gasteiger partial charge in [-0.3, -0.25) is 4.98 Å². The van der Waals surface area contributed by atoms with E-state index >= 15 is 0 Å². The fourth-order valence-electron chi connectivity index (χ4n) is 2.68. The average molecular weight is 257 g/mol. The van der Waals surface area contributed by atoms with E-state index in [0.29, 0.717) is 12.5 Å². The SMILES string of the molecule is CCOC(C1CC1)C(O)c1cccc2cnccc12. The Bertz CT molecular complexity index is 560. The van der Waals surface area contributed by atoms with E-state index in [1.54, 1.807) is 6.20 Å². The summed E-state index contributed by atoms with van der Waals surface area (Å²) in [6.45, 7) is 2.62. The van der Waals surface area contributed by atoms with E-state index < -0.39 is 6.10 Å². The number of benzene rings is 1. The van der Waals surface area contributed by atoms with Gasteiger partial charge in [0.2, 0.25) is 0 Å². The second-order valence-corrected chi connectivity index (χ2v) is 5.15. The lowest BCUT2D eigenvalue weighted by Gasteiger charge is -2.24. The van der Waals surface area contributed by atoms with Crippen molar-refractivity contribution < 1.29 is 9.84 Å². The van der Waals surface area contributed by atoms with Gasteiger partial charge in [0.1, 0.15) is 6.10 Å². The van der Waals surface area contributed by atoms with Crippen molar-refractivity contribution in [1.29, 1.82) is 0 Å². The minimum absolute atomic E-state index is 0.0798. The monoisotopic (exact) mass is 257 g/mol. The molecule has 2 aromatic rings. The number of aliphatic hydroxyl groups excluding tert-OH is 1. The number of hydrogen-bond acceptors (Lipinski definition) is 3. The number of pyridine rings is 1. The third-order valence-corrected chi connectivity index (χ3v) is 3.79. The normalized spacial score (nSPS) is 18.4. The van der Waals surface area contributed by atoms with Crippen molar-refractivity contribution in [2.24, 2.45) is 5.92 Å². The standard InChI is InChI=1S/C16H19NO2/c1-2-19-16(11-6-7-11)15(18)14-5-3-4-12-10-17-9-8-13(12)14/h3-5,8-11,15-16,18H,2,6-7H2,1H3. The van der Waals surface area contributed by atoms with Gasteiger partial charge < -0.3 is 9.84 Å². The van der Waals surface area contributed by atoms with Gasteiger partial charge in [0.15, 0.2) is 0 Å². The zero-order valence-electron chi connectivity index (χ0n) is 11.1. The van der Waals surface area contributed by atoms with Gasteiger partial charge in [-0.2, -0.15) is 0 Å². The highest BCUT2D eigenvalue weighted by molar-refractivity contribution is 5.85. The maximum Gasteiger partial charge on any atom is 0.106 e. The number of aromatic nitrogens is 1. The van der Waals surface area contributed by atoms with Crippen LogP contribution >= 0.6 is 0 Å². The molecule has 3 rings (SSSR count). The minimum atomic E-state index is -0.557. The predicted octanol–water partition coefficient (Wildman–Crippen LogP) is 3.08. The molecule has 1 aliphatic carbocycles. The second kappa shape index (κ2) is 5.27. The van der Waals surface area contributed by atoms with Crippen molar-refractivity contribution in [2.45, 2.75) is 32.0 Å². The highest BCUT2D eigenvalue weighted by Gasteiger charge is 2.37. The maximum atomic E-state index is 10.7. The Morgan fingerprint density at radius 3 is 2.95 bits per heavy atom. The van der Waals surface area contributed by atoms with Crippen molar-refractivity contribution in [3.8, 4) is 0 Å². The van der Waals surface area contributed by atoms with Gasteiger partial charge in [-0.15, -0.1) is 0 Å². The van der Waals surface area contributed by atoms with E-state index in [4.69, 9.17) is 4.74 Å². The largest absolute Gasteiger partial charge is 0.386 e. The summed E-state index contributed by atoms with van der Waals surface area (Å²) in [5.74, 6) is 0.507. The third-order valence-electron chi connectivity index (χ3n) is 3.79. The first kappa shape index (κ1) is 12.6. The smallest absolute Gasteiger partial charge is 0.106 e. The van der Waals surface area contributed by atoms with Crippen molar-refractivity contribution >= 4 is 10.8 Å². The highest BCUT2D eigenvalue weighted by Crippen LogP contribution is 2.41. The van der Waals surface area contributed by atoms with Crippen molar-refractivity contribution in [2.75, 3.05) is 6.61 Å². The van der Waals surface area contributed by atoms with Crippen molar-refractivity contribution in [3.63, 3.8) is 0 Å². The second-order valence-electron chi connectivity index (χ2n) is 5.15. The molecule has 0 bridgehead atoms. The summed E-state index contributed by atoms with van der Waals surface area (Å²) in [4.78, 5) is 4.13. The van der Waals surface area contributed by atoms with Gasteiger partial charge in [-0.1, -0.05) is 18.2 Å². The van der Waals surface area contributed by atoms with E-state index in [9.17, 15) is 5.11 Å². The maximum absolute atomic E-state index is 10.7. The lowest BCUT2D eigenvalue weighted by atomic mass is 9.96. The summed E-state index contributed by atoms with van der Waals surface area (Å²) >= 11 is 0. The quantitative estimate of drug-likeness (QED) is 0.895. The Balaban J connectivity index is 1.98. The topological polar surface area (TPSA) is 42.4 Å². The number of hydrogen-bond donors (Lipinski definition) is 1. The van der Waals surface area contributed by atoms with E-state index in [0.717, 1.165) is 29.2 Å². The van der Waals surface area contributed by atoms with E-state index in [2.05, 4.69) is 4.98 Å². The third kappa shape index (κ3) is 2.48. The number of aliphatic hydroxyl groups is 1. The predicted molar refractivity (Wildman–Crippen MR) is 74.8 cm³/mol. The average Bonchev–Trinajstić information content (AvgIpc) is 3.28. The molecule has 1 aromatic carbocycles. The first-order chi connectivity index (χ1) is 9.31. The zero-order chi connectivity index (χ0) is 13.2. The molecule has 0 aliphatic heterocycles. The Hall–Kier alpha value is -1.45. The van der Waals surface area contributed by atoms with Crippen molar-refractivity contribution in [3.05, 3.63) is 42.2 Å². The molecule has 100 valence electrons. The van der Waals surface area contributed by atoms with Crippen molar-refractivity contribution in [1.82, 2.24) is 4.98 Å². The van der Waals surface area contributed by atoms with Crippen LogP contribution in [0.25, 0.3) is 10.8 Å². The van der Waals surface area contributed by atoms with Gasteiger partial charge in [-0.25, -0.2) is 0 Å². The molecule has 19 heavy (non-hydrogen) atoms. The molecule has 1 aliphatic rings. The van der Waals surface area contributed by atoms with Crippen LogP contribution in [0.15, 0.2) is 36.7 Å². The number of fused-ring (bicyclic) bond motifs is 1. The van der Waals surface area contributed by atoms with Crippen LogP contribution in [0, 0.1) is 5.92 Å². The fraction of sp³-hybridized carbons (Fsp3) is 0.438. The highest BCUT2D eigenvalue weighted by atomic mass is 16.5. The van der Waals surface area contributed by atoms with Gasteiger partial charge in [-0.05, 0) is 42.7 Å². The molecule has 2 atom stereocenters. The fourth-order valence-corrected chi connectivity index (χ4v) is 2.68. The van der Waals surface area contributed by atoms with E-state index in [1.165, 1.54) is 0 Å². The Kier molecular flexibility index (Phi) is 3.49. The first-order valence-electron chi connectivity index (χ1n) is 6.93. The number of ether oxygens (including phenoxy) is 1. The molecule has 3 nitrogen and oxygen atoms in total. The van der Waals surface area contributed by atoms with Gasteiger partial charge in [0, 0.05) is 24.4 Å². The summed E-state index contributed by atoms with van der Waals surface area (Å²) in [7, 11) is 0. The van der Waals surface area contributed by atoms with Crippen LogP contribution in [0.5, 0.6) is 0 Å². The van der Waals surface area contributed by atoms with Gasteiger partial charge in [0.25, 0.3) is 0 Å². The first-order valence-corrected chi connectivity index (χ1v) is 6.93. The molecule has 1 fully saturated rings. The van der Waals surface area contributed by atoms with Crippen LogP contribution in [0.2, 0.25) is 0 Å². The molecular weight excluding hydrogens is 238 g/mol. The van der Waals surface area contributed by atoms with Crippen LogP contribution in [-0.2, 0) is 4.74 Å². The van der Waals surface area contributed by atoms with Crippen LogP contribution in [0.1, 0.15) is 31.4 Å². The van der Waals surface area contributed by atoms with Crippen LogP contribution < -0.4 is 0 Å². The van der Waals surface area contributed by atoms with Crippen LogP contribution in [-0.4, -0.2) is 22.8 Å². The molecule has 3 heteroatoms. The van der Waals surface area contributed by atoms with Gasteiger partial charge in [0.05, 0.1) is 6.10 Å². The number of nitrogens with zero attached hydrogens (tertiary/aromatic N) is 1. The summed E-state index contributed by atoms with van der Waals surface area (Å²) in [6.07, 6.45) is 5.29. The molecule has 1 heterocycles. The summed E-state index contributed by atoms with van der Waals surface area (Å²) < 4.78 is 5.77. The molecule has 1 N–H and O–H groups in total. The molecule has 0 spiro atoms. The molecule has 0 saturated heterocycles. The molecular formula is C16H19NO2. The van der Waals surface area contributed by atoms with E-state index in [1.807, 2.05) is 37.4 Å². The summed E-state index contributed by atoms with van der Waals surface area (Å²) in [5, 5.41) is 12.8. The molecule has 0 radical (unpaired) electrons. The number of rotatable bonds is 5. The van der Waals surface area contributed by atoms with E-state index in [-0.39, 0.29) is 6.10 Å². The lowest BCUT2D eigenvalue weighted by Crippen LogP contribution is -2.24. The Morgan fingerprint density at radius 2 is 2.21 bits per heavy atom. The van der Waals surface area contributed by atoms with Crippen LogP contribution in [0.4, 0.5) is 0 Å². The minimum Gasteiger partial charge on any atom is -0.386 e. The lowest BCUT2D eigenvalue weighted by molar-refractivity contribution is -0.0455. The van der Waals surface area contributed by atoms with Crippen LogP contribution in [0.3, 0.4) is 0 Å². The molecule has 1 aromatic heterocycles. The summed E-state index contributed by atoms with van der Waals surface area (Å²) in [6, 6.07) is 7.94.